The van der Waals surface area contributed by atoms with Gasteiger partial charge in [-0.3, -0.25) is 4.79 Å². The number of aromatic amines is 1. The van der Waals surface area contributed by atoms with Crippen molar-refractivity contribution in [3.63, 3.8) is 0 Å². The number of fused-ring (bicyclic) bond motifs is 1. The summed E-state index contributed by atoms with van der Waals surface area (Å²) in [7, 11) is 0. The van der Waals surface area contributed by atoms with Crippen molar-refractivity contribution in [3.8, 4) is 0 Å². The van der Waals surface area contributed by atoms with Crippen molar-refractivity contribution in [2.45, 2.75) is 26.1 Å². The lowest BCUT2D eigenvalue weighted by Crippen LogP contribution is -2.25. The van der Waals surface area contributed by atoms with Gasteiger partial charge < -0.3 is 9.72 Å². The molecule has 22 heavy (non-hydrogen) atoms. The maximum absolute atomic E-state index is 12.2. The molecule has 1 N–H and O–H groups in total. The van der Waals surface area contributed by atoms with E-state index in [4.69, 9.17) is 4.74 Å². The molecule has 0 aliphatic rings. The van der Waals surface area contributed by atoms with E-state index in [-0.39, 0.29) is 5.43 Å². The first-order chi connectivity index (χ1) is 10.6. The van der Waals surface area contributed by atoms with Crippen molar-refractivity contribution in [3.05, 3.63) is 82.1 Å². The lowest BCUT2D eigenvalue weighted by Gasteiger charge is -2.26. The summed E-state index contributed by atoms with van der Waals surface area (Å²) in [5.41, 5.74) is 2.17. The third-order valence-corrected chi connectivity index (χ3v) is 3.83. The van der Waals surface area contributed by atoms with Gasteiger partial charge in [0.1, 0.15) is 5.60 Å². The van der Waals surface area contributed by atoms with Crippen LogP contribution in [0.2, 0.25) is 0 Å². The van der Waals surface area contributed by atoms with Crippen molar-refractivity contribution in [2.24, 2.45) is 0 Å². The molecule has 3 rings (SSSR count). The molecule has 0 bridgehead atoms. The molecule has 0 saturated heterocycles. The Morgan fingerprint density at radius 3 is 2.45 bits per heavy atom. The van der Waals surface area contributed by atoms with Crippen LogP contribution < -0.4 is 5.43 Å². The zero-order valence-electron chi connectivity index (χ0n) is 12.8. The predicted molar refractivity (Wildman–Crippen MR) is 88.8 cm³/mol. The molecule has 0 aliphatic heterocycles. The fraction of sp³-hybridized carbons (Fsp3) is 0.211. The van der Waals surface area contributed by atoms with Crippen LogP contribution in [0.15, 0.2) is 65.5 Å². The number of hydrogen-bond acceptors (Lipinski definition) is 2. The molecule has 0 unspecified atom stereocenters. The third-order valence-electron chi connectivity index (χ3n) is 3.83. The Kier molecular flexibility index (Phi) is 3.82. The predicted octanol–water partition coefficient (Wildman–Crippen LogP) is 3.98. The topological polar surface area (TPSA) is 42.1 Å². The fourth-order valence-electron chi connectivity index (χ4n) is 2.44. The fourth-order valence-corrected chi connectivity index (χ4v) is 2.44. The minimum atomic E-state index is -0.570. The molecule has 0 fully saturated rings. The van der Waals surface area contributed by atoms with Crippen LogP contribution in [0, 0.1) is 0 Å². The summed E-state index contributed by atoms with van der Waals surface area (Å²) in [5.74, 6) is 0. The van der Waals surface area contributed by atoms with E-state index in [1.807, 2.05) is 68.4 Å². The lowest BCUT2D eigenvalue weighted by atomic mass is 10.0. The molecule has 0 atom stereocenters. The first-order valence-electron chi connectivity index (χ1n) is 7.37. The SMILES string of the molecule is CC(C)(OCc1ccccc1)c1cc(=O)c2ccccc2[nH]1. The lowest BCUT2D eigenvalue weighted by molar-refractivity contribution is -0.0366. The molecular weight excluding hydrogens is 274 g/mol. The highest BCUT2D eigenvalue weighted by Crippen LogP contribution is 2.24. The average Bonchev–Trinajstić information content (AvgIpc) is 2.54. The number of para-hydroxylation sites is 1. The van der Waals surface area contributed by atoms with Crippen molar-refractivity contribution < 1.29 is 4.74 Å². The second-order valence-corrected chi connectivity index (χ2v) is 5.88. The van der Waals surface area contributed by atoms with Gasteiger partial charge in [-0.15, -0.1) is 0 Å². The van der Waals surface area contributed by atoms with E-state index in [1.165, 1.54) is 0 Å². The molecule has 3 aromatic rings. The summed E-state index contributed by atoms with van der Waals surface area (Å²) in [5, 5.41) is 0.699. The Hall–Kier alpha value is -2.39. The van der Waals surface area contributed by atoms with Crippen LogP contribution in [0.4, 0.5) is 0 Å². The molecule has 1 aromatic heterocycles. The number of benzene rings is 2. The zero-order valence-corrected chi connectivity index (χ0v) is 12.8. The molecule has 0 radical (unpaired) electrons. The van der Waals surface area contributed by atoms with Gasteiger partial charge in [0.15, 0.2) is 5.43 Å². The number of rotatable bonds is 4. The first-order valence-corrected chi connectivity index (χ1v) is 7.37. The highest BCUT2D eigenvalue weighted by atomic mass is 16.5. The van der Waals surface area contributed by atoms with Gasteiger partial charge in [0.25, 0.3) is 0 Å². The summed E-state index contributed by atoms with van der Waals surface area (Å²) in [6.07, 6.45) is 0. The number of hydrogen-bond donors (Lipinski definition) is 1. The zero-order chi connectivity index (χ0) is 15.6. The molecule has 1 heterocycles. The second-order valence-electron chi connectivity index (χ2n) is 5.88. The molecule has 3 heteroatoms. The van der Waals surface area contributed by atoms with Gasteiger partial charge in [-0.1, -0.05) is 42.5 Å². The largest absolute Gasteiger partial charge is 0.365 e. The number of nitrogens with one attached hydrogen (secondary N) is 1. The second kappa shape index (κ2) is 5.78. The Morgan fingerprint density at radius 2 is 1.68 bits per heavy atom. The van der Waals surface area contributed by atoms with Crippen LogP contribution in [-0.4, -0.2) is 4.98 Å². The van der Waals surface area contributed by atoms with Gasteiger partial charge in [-0.2, -0.15) is 0 Å². The van der Waals surface area contributed by atoms with Crippen LogP contribution in [0.1, 0.15) is 25.1 Å². The molecule has 0 aliphatic carbocycles. The summed E-state index contributed by atoms with van der Waals surface area (Å²) < 4.78 is 6.04. The standard InChI is InChI=1S/C19H19NO2/c1-19(2,22-13-14-8-4-3-5-9-14)18-12-17(21)15-10-6-7-11-16(15)20-18/h3-12H,13H2,1-2H3,(H,20,21). The van der Waals surface area contributed by atoms with Gasteiger partial charge in [-0.05, 0) is 31.5 Å². The third kappa shape index (κ3) is 2.95. The Balaban J connectivity index is 1.90. The maximum Gasteiger partial charge on any atom is 0.189 e. The summed E-state index contributed by atoms with van der Waals surface area (Å²) in [4.78, 5) is 15.6. The summed E-state index contributed by atoms with van der Waals surface area (Å²) >= 11 is 0. The first kappa shape index (κ1) is 14.5. The minimum absolute atomic E-state index is 0.0146. The van der Waals surface area contributed by atoms with E-state index in [0.29, 0.717) is 12.0 Å². The number of ether oxygens (including phenoxy) is 1. The van der Waals surface area contributed by atoms with E-state index in [9.17, 15) is 4.79 Å². The van der Waals surface area contributed by atoms with E-state index < -0.39 is 5.60 Å². The molecule has 3 nitrogen and oxygen atoms in total. The van der Waals surface area contributed by atoms with Crippen LogP contribution in [0.5, 0.6) is 0 Å². The van der Waals surface area contributed by atoms with Crippen molar-refractivity contribution in [1.82, 2.24) is 4.98 Å². The Morgan fingerprint density at radius 1 is 1.00 bits per heavy atom. The molecular formula is C19H19NO2. The van der Waals surface area contributed by atoms with Crippen LogP contribution in [-0.2, 0) is 16.9 Å². The summed E-state index contributed by atoms with van der Waals surface area (Å²) in [6, 6.07) is 19.2. The van der Waals surface area contributed by atoms with Gasteiger partial charge in [0.05, 0.1) is 12.3 Å². The van der Waals surface area contributed by atoms with E-state index in [1.54, 1.807) is 6.07 Å². The van der Waals surface area contributed by atoms with Crippen LogP contribution in [0.3, 0.4) is 0 Å². The van der Waals surface area contributed by atoms with Crippen LogP contribution in [0.25, 0.3) is 10.9 Å². The highest BCUT2D eigenvalue weighted by Gasteiger charge is 2.23. The summed E-state index contributed by atoms with van der Waals surface area (Å²) in [6.45, 7) is 4.44. The van der Waals surface area contributed by atoms with Crippen molar-refractivity contribution in [1.29, 1.82) is 0 Å². The normalized spacial score (nSPS) is 11.7. The van der Waals surface area contributed by atoms with Gasteiger partial charge >= 0.3 is 0 Å². The van der Waals surface area contributed by atoms with Gasteiger partial charge in [0.2, 0.25) is 0 Å². The number of pyridine rings is 1. The Bertz CT molecular complexity index is 835. The van der Waals surface area contributed by atoms with E-state index in [0.717, 1.165) is 16.8 Å². The van der Waals surface area contributed by atoms with Crippen molar-refractivity contribution in [2.75, 3.05) is 0 Å². The smallest absolute Gasteiger partial charge is 0.189 e. The minimum Gasteiger partial charge on any atom is -0.365 e. The van der Waals surface area contributed by atoms with E-state index >= 15 is 0 Å². The highest BCUT2D eigenvalue weighted by molar-refractivity contribution is 5.78. The van der Waals surface area contributed by atoms with Crippen molar-refractivity contribution >= 4 is 10.9 Å². The van der Waals surface area contributed by atoms with Gasteiger partial charge in [0, 0.05) is 17.0 Å². The van der Waals surface area contributed by atoms with Crippen LogP contribution >= 0.6 is 0 Å². The molecule has 2 aromatic carbocycles. The van der Waals surface area contributed by atoms with Gasteiger partial charge in [-0.25, -0.2) is 0 Å². The van der Waals surface area contributed by atoms with E-state index in [2.05, 4.69) is 4.98 Å². The molecule has 0 saturated carbocycles. The Labute approximate surface area is 129 Å². The monoisotopic (exact) mass is 293 g/mol. The maximum atomic E-state index is 12.2. The quantitative estimate of drug-likeness (QED) is 0.790. The average molecular weight is 293 g/mol. The number of H-pyrrole nitrogens is 1. The molecule has 112 valence electrons. The number of aromatic nitrogens is 1. The molecule has 0 spiro atoms. The molecule has 0 amide bonds.